The van der Waals surface area contributed by atoms with Gasteiger partial charge < -0.3 is 9.84 Å². The van der Waals surface area contributed by atoms with Crippen LogP contribution < -0.4 is 4.72 Å². The zero-order valence-electron chi connectivity index (χ0n) is 10.5. The predicted octanol–water partition coefficient (Wildman–Crippen LogP) is -0.379. The third kappa shape index (κ3) is 4.31. The minimum absolute atomic E-state index is 0.225. The number of benzene rings is 1. The first-order valence-corrected chi connectivity index (χ1v) is 6.85. The summed E-state index contributed by atoms with van der Waals surface area (Å²) in [5.41, 5.74) is 0.225. The molecular formula is C12H12FNO5S. The molecule has 0 spiro atoms. The predicted molar refractivity (Wildman–Crippen MR) is 67.6 cm³/mol. The summed E-state index contributed by atoms with van der Waals surface area (Å²) < 4.78 is 43.4. The first kappa shape index (κ1) is 16.1. The fourth-order valence-electron chi connectivity index (χ4n) is 1.24. The summed E-state index contributed by atoms with van der Waals surface area (Å²) in [6.07, 6.45) is 0. The van der Waals surface area contributed by atoms with Crippen LogP contribution in [-0.4, -0.2) is 39.8 Å². The highest BCUT2D eigenvalue weighted by Gasteiger charge is 2.20. The smallest absolute Gasteiger partial charge is 0.320 e. The fourth-order valence-corrected chi connectivity index (χ4v) is 2.27. The lowest BCUT2D eigenvalue weighted by Gasteiger charge is -2.07. The summed E-state index contributed by atoms with van der Waals surface area (Å²) in [4.78, 5) is 10.3. The Bertz CT molecular complexity index is 660. The van der Waals surface area contributed by atoms with Gasteiger partial charge in [-0.05, 0) is 18.2 Å². The van der Waals surface area contributed by atoms with Crippen LogP contribution in [0.1, 0.15) is 5.56 Å². The average Bonchev–Trinajstić information content (AvgIpc) is 2.42. The number of nitrogens with one attached hydrogen (secondary N) is 1. The third-order valence-corrected chi connectivity index (χ3v) is 3.60. The van der Waals surface area contributed by atoms with Gasteiger partial charge in [0.15, 0.2) is 0 Å². The van der Waals surface area contributed by atoms with Gasteiger partial charge in [0.25, 0.3) is 0 Å². The highest BCUT2D eigenvalue weighted by Crippen LogP contribution is 2.15. The Labute approximate surface area is 115 Å². The number of sulfonamides is 1. The molecule has 0 aromatic heterocycles. The second-order valence-corrected chi connectivity index (χ2v) is 5.24. The van der Waals surface area contributed by atoms with Crippen LogP contribution >= 0.6 is 0 Å². The van der Waals surface area contributed by atoms with Crippen LogP contribution in [0.5, 0.6) is 0 Å². The molecule has 0 atom stereocenters. The van der Waals surface area contributed by atoms with Crippen LogP contribution in [0.3, 0.4) is 0 Å². The number of rotatable bonds is 4. The van der Waals surface area contributed by atoms with E-state index in [0.717, 1.165) is 19.2 Å². The molecular weight excluding hydrogens is 289 g/mol. The van der Waals surface area contributed by atoms with Gasteiger partial charge in [0, 0.05) is 5.56 Å². The van der Waals surface area contributed by atoms with Crippen LogP contribution in [0.2, 0.25) is 0 Å². The minimum Gasteiger partial charge on any atom is -0.468 e. The van der Waals surface area contributed by atoms with Crippen molar-refractivity contribution >= 4 is 16.0 Å². The Morgan fingerprint density at radius 2 is 2.20 bits per heavy atom. The maximum Gasteiger partial charge on any atom is 0.320 e. The average molecular weight is 301 g/mol. The van der Waals surface area contributed by atoms with E-state index in [1.54, 1.807) is 0 Å². The summed E-state index contributed by atoms with van der Waals surface area (Å²) >= 11 is 0. The molecule has 20 heavy (non-hydrogen) atoms. The summed E-state index contributed by atoms with van der Waals surface area (Å²) in [7, 11) is -3.05. The monoisotopic (exact) mass is 301 g/mol. The molecule has 0 bridgehead atoms. The van der Waals surface area contributed by atoms with Gasteiger partial charge in [-0.3, -0.25) is 4.79 Å². The Hall–Kier alpha value is -1.95. The largest absolute Gasteiger partial charge is 0.468 e. The van der Waals surface area contributed by atoms with Crippen molar-refractivity contribution in [3.8, 4) is 11.8 Å². The van der Waals surface area contributed by atoms with Gasteiger partial charge >= 0.3 is 5.97 Å². The second-order valence-electron chi connectivity index (χ2n) is 3.51. The molecule has 0 amide bonds. The van der Waals surface area contributed by atoms with Gasteiger partial charge in [0.05, 0.1) is 7.11 Å². The molecule has 0 saturated carbocycles. The summed E-state index contributed by atoms with van der Waals surface area (Å²) in [5, 5.41) is 8.51. The van der Waals surface area contributed by atoms with E-state index < -0.39 is 33.3 Å². The number of methoxy groups -OCH3 is 1. The van der Waals surface area contributed by atoms with Crippen molar-refractivity contribution in [1.29, 1.82) is 0 Å². The number of carbonyl (C=O) groups excluding carboxylic acids is 1. The molecule has 2 N–H and O–H groups in total. The van der Waals surface area contributed by atoms with Crippen molar-refractivity contribution in [2.45, 2.75) is 4.90 Å². The topological polar surface area (TPSA) is 92.7 Å². The molecule has 108 valence electrons. The molecule has 1 aromatic carbocycles. The zero-order valence-corrected chi connectivity index (χ0v) is 11.3. The second kappa shape index (κ2) is 7.00. The van der Waals surface area contributed by atoms with E-state index in [4.69, 9.17) is 5.11 Å². The number of ether oxygens (including phenoxy) is 1. The van der Waals surface area contributed by atoms with Crippen molar-refractivity contribution in [1.82, 2.24) is 4.72 Å². The molecule has 0 aliphatic heterocycles. The molecule has 1 rings (SSSR count). The fraction of sp³-hybridized carbons (Fsp3) is 0.250. The van der Waals surface area contributed by atoms with Crippen molar-refractivity contribution in [3.05, 3.63) is 29.6 Å². The maximum absolute atomic E-state index is 13.7. The molecule has 8 heteroatoms. The van der Waals surface area contributed by atoms with Crippen molar-refractivity contribution in [2.75, 3.05) is 20.3 Å². The molecule has 0 heterocycles. The number of esters is 1. The van der Waals surface area contributed by atoms with Crippen LogP contribution in [0.15, 0.2) is 23.1 Å². The summed E-state index contributed by atoms with van der Waals surface area (Å²) in [6.45, 7) is -0.979. The molecule has 1 aromatic rings. The van der Waals surface area contributed by atoms with Gasteiger partial charge in [-0.1, -0.05) is 11.8 Å². The Morgan fingerprint density at radius 1 is 1.50 bits per heavy atom. The highest BCUT2D eigenvalue weighted by molar-refractivity contribution is 7.89. The number of hydrogen-bond acceptors (Lipinski definition) is 5. The van der Waals surface area contributed by atoms with E-state index in [-0.39, 0.29) is 12.2 Å². The van der Waals surface area contributed by atoms with E-state index >= 15 is 0 Å². The normalized spacial score (nSPS) is 10.6. The molecule has 0 aliphatic carbocycles. The zero-order chi connectivity index (χ0) is 15.2. The van der Waals surface area contributed by atoms with E-state index in [1.165, 1.54) is 6.07 Å². The van der Waals surface area contributed by atoms with Crippen LogP contribution in [0.25, 0.3) is 0 Å². The maximum atomic E-state index is 13.7. The SMILES string of the molecule is COC(=O)CNS(=O)(=O)c1ccc(C#CCO)cc1F. The van der Waals surface area contributed by atoms with Gasteiger partial charge in [-0.2, -0.15) is 4.72 Å². The van der Waals surface area contributed by atoms with E-state index in [2.05, 4.69) is 16.6 Å². The summed E-state index contributed by atoms with van der Waals surface area (Å²) in [5.74, 6) is 2.95. The lowest BCUT2D eigenvalue weighted by atomic mass is 10.2. The number of carbonyl (C=O) groups is 1. The van der Waals surface area contributed by atoms with Crippen molar-refractivity contribution < 1.29 is 27.4 Å². The first-order chi connectivity index (χ1) is 9.40. The molecule has 0 unspecified atom stereocenters. The van der Waals surface area contributed by atoms with Gasteiger partial charge in [0.1, 0.15) is 23.9 Å². The lowest BCUT2D eigenvalue weighted by molar-refractivity contribution is -0.139. The number of aliphatic hydroxyl groups is 1. The number of aliphatic hydroxyl groups excluding tert-OH is 1. The van der Waals surface area contributed by atoms with Crippen molar-refractivity contribution in [2.24, 2.45) is 0 Å². The standard InChI is InChI=1S/C12H12FNO5S/c1-19-12(16)8-14-20(17,18)11-5-4-9(3-2-6-15)7-10(11)13/h4-5,7,14-15H,6,8H2,1H3. The van der Waals surface area contributed by atoms with Gasteiger partial charge in [0.2, 0.25) is 10.0 Å². The van der Waals surface area contributed by atoms with Crippen molar-refractivity contribution in [3.63, 3.8) is 0 Å². The lowest BCUT2D eigenvalue weighted by Crippen LogP contribution is -2.30. The highest BCUT2D eigenvalue weighted by atomic mass is 32.2. The van der Waals surface area contributed by atoms with Gasteiger partial charge in [-0.25, -0.2) is 12.8 Å². The Kier molecular flexibility index (Phi) is 5.64. The molecule has 0 aliphatic rings. The molecule has 0 saturated heterocycles. The quantitative estimate of drug-likeness (QED) is 0.584. The third-order valence-electron chi connectivity index (χ3n) is 2.17. The van der Waals surface area contributed by atoms with E-state index in [1.807, 2.05) is 4.72 Å². The van der Waals surface area contributed by atoms with Gasteiger partial charge in [-0.15, -0.1) is 0 Å². The minimum atomic E-state index is -4.16. The van der Waals surface area contributed by atoms with E-state index in [0.29, 0.717) is 0 Å². The molecule has 0 radical (unpaired) electrons. The number of hydrogen-bond donors (Lipinski definition) is 2. The Morgan fingerprint density at radius 3 is 2.75 bits per heavy atom. The summed E-state index contributed by atoms with van der Waals surface area (Å²) in [6, 6.07) is 3.24. The molecule has 0 fully saturated rings. The number of halogens is 1. The van der Waals surface area contributed by atoms with Crippen LogP contribution in [-0.2, 0) is 19.6 Å². The van der Waals surface area contributed by atoms with Crippen LogP contribution in [0, 0.1) is 17.7 Å². The Balaban J connectivity index is 2.99. The van der Waals surface area contributed by atoms with E-state index in [9.17, 15) is 17.6 Å². The first-order valence-electron chi connectivity index (χ1n) is 5.36. The van der Waals surface area contributed by atoms with Crippen LogP contribution in [0.4, 0.5) is 4.39 Å². The molecule has 6 nitrogen and oxygen atoms in total.